The number of carbonyl (C=O) groups excluding carboxylic acids is 2. The molecule has 2 aromatic heterocycles. The lowest BCUT2D eigenvalue weighted by atomic mass is 9.72. The second-order valence-electron chi connectivity index (χ2n) is 8.10. The molecule has 6 heteroatoms. The Labute approximate surface area is 164 Å². The van der Waals surface area contributed by atoms with E-state index < -0.39 is 0 Å². The van der Waals surface area contributed by atoms with Crippen molar-refractivity contribution in [3.8, 4) is 0 Å². The van der Waals surface area contributed by atoms with E-state index >= 15 is 0 Å². The van der Waals surface area contributed by atoms with E-state index in [2.05, 4.69) is 26.1 Å². The highest BCUT2D eigenvalue weighted by Crippen LogP contribution is 2.44. The smallest absolute Gasteiger partial charge is 0.341 e. The molecule has 2 heterocycles. The van der Waals surface area contributed by atoms with Crippen LogP contribution >= 0.6 is 11.3 Å². The topological polar surface area (TPSA) is 68.5 Å². The number of rotatable bonds is 4. The molecule has 2 aromatic rings. The van der Waals surface area contributed by atoms with Crippen molar-refractivity contribution in [1.29, 1.82) is 0 Å². The highest BCUT2D eigenvalue weighted by molar-refractivity contribution is 7.17. The van der Waals surface area contributed by atoms with Gasteiger partial charge in [0.1, 0.15) is 10.8 Å². The molecule has 27 heavy (non-hydrogen) atoms. The molecule has 0 radical (unpaired) electrons. The van der Waals surface area contributed by atoms with Crippen molar-refractivity contribution in [2.75, 3.05) is 11.9 Å². The van der Waals surface area contributed by atoms with E-state index in [-0.39, 0.29) is 23.1 Å². The Balaban J connectivity index is 1.94. The van der Waals surface area contributed by atoms with Gasteiger partial charge in [0, 0.05) is 4.88 Å². The Morgan fingerprint density at radius 3 is 2.67 bits per heavy atom. The maximum absolute atomic E-state index is 12.6. The van der Waals surface area contributed by atoms with Gasteiger partial charge in [0.05, 0.1) is 12.2 Å². The second kappa shape index (κ2) is 7.50. The number of esters is 1. The zero-order chi connectivity index (χ0) is 19.8. The van der Waals surface area contributed by atoms with Crippen LogP contribution in [0.5, 0.6) is 0 Å². The highest BCUT2D eigenvalue weighted by Gasteiger charge is 2.34. The molecule has 0 saturated heterocycles. The molecule has 1 aliphatic carbocycles. The Kier molecular flexibility index (Phi) is 5.47. The number of ether oxygens (including phenoxy) is 1. The van der Waals surface area contributed by atoms with E-state index in [1.807, 2.05) is 0 Å². The second-order valence-corrected chi connectivity index (χ2v) is 9.20. The van der Waals surface area contributed by atoms with Crippen molar-refractivity contribution in [3.63, 3.8) is 0 Å². The van der Waals surface area contributed by atoms with Crippen LogP contribution in [0.15, 0.2) is 16.5 Å². The molecule has 1 aliphatic rings. The number of amides is 1. The van der Waals surface area contributed by atoms with Crippen LogP contribution in [0.4, 0.5) is 5.00 Å². The minimum absolute atomic E-state index is 0.209. The summed E-state index contributed by atoms with van der Waals surface area (Å²) < 4.78 is 10.7. The zero-order valence-corrected chi connectivity index (χ0v) is 17.4. The average molecular weight is 390 g/mol. The molecular weight excluding hydrogens is 362 g/mol. The lowest BCUT2D eigenvalue weighted by Gasteiger charge is -2.33. The van der Waals surface area contributed by atoms with Gasteiger partial charge >= 0.3 is 5.97 Å². The van der Waals surface area contributed by atoms with Crippen molar-refractivity contribution >= 4 is 28.2 Å². The van der Waals surface area contributed by atoms with Gasteiger partial charge in [0.25, 0.3) is 5.91 Å². The molecule has 0 saturated carbocycles. The maximum atomic E-state index is 12.6. The molecule has 0 aromatic carbocycles. The number of fused-ring (bicyclic) bond motifs is 1. The summed E-state index contributed by atoms with van der Waals surface area (Å²) in [5, 5.41) is 3.44. The summed E-state index contributed by atoms with van der Waals surface area (Å²) >= 11 is 1.49. The molecule has 1 amide bonds. The fourth-order valence-corrected chi connectivity index (χ4v) is 4.86. The fraction of sp³-hybridized carbons (Fsp3) is 0.524. The quantitative estimate of drug-likeness (QED) is 0.727. The monoisotopic (exact) mass is 389 g/mol. The number of carbonyl (C=O) groups is 2. The van der Waals surface area contributed by atoms with E-state index in [0.29, 0.717) is 28.8 Å². The zero-order valence-electron chi connectivity index (χ0n) is 16.6. The third kappa shape index (κ3) is 4.10. The minimum Gasteiger partial charge on any atom is -0.462 e. The van der Waals surface area contributed by atoms with Crippen molar-refractivity contribution in [2.24, 2.45) is 11.3 Å². The van der Waals surface area contributed by atoms with Gasteiger partial charge in [-0.3, -0.25) is 4.79 Å². The Morgan fingerprint density at radius 1 is 1.33 bits per heavy atom. The number of anilines is 1. The number of hydrogen-bond donors (Lipinski definition) is 1. The molecule has 5 nitrogen and oxygen atoms in total. The number of nitrogens with one attached hydrogen (secondary N) is 1. The Bertz CT molecular complexity index is 856. The molecule has 0 bridgehead atoms. The molecule has 0 aliphatic heterocycles. The third-order valence-corrected chi connectivity index (χ3v) is 6.33. The Hall–Kier alpha value is -2.08. The molecular formula is C21H27NO4S. The van der Waals surface area contributed by atoms with Gasteiger partial charge in [-0.2, -0.15) is 0 Å². The average Bonchev–Trinajstić information content (AvgIpc) is 3.16. The van der Waals surface area contributed by atoms with Crippen LogP contribution in [-0.2, 0) is 17.6 Å². The third-order valence-electron chi connectivity index (χ3n) is 5.16. The lowest BCUT2D eigenvalue weighted by molar-refractivity contribution is 0.0526. The van der Waals surface area contributed by atoms with Crippen LogP contribution in [0.3, 0.4) is 0 Å². The summed E-state index contributed by atoms with van der Waals surface area (Å²) in [6.45, 7) is 10.6. The molecule has 0 fully saturated rings. The summed E-state index contributed by atoms with van der Waals surface area (Å²) in [5.74, 6) is 0.746. The lowest BCUT2D eigenvalue weighted by Crippen LogP contribution is -2.26. The van der Waals surface area contributed by atoms with Gasteiger partial charge in [-0.25, -0.2) is 4.79 Å². The van der Waals surface area contributed by atoms with Crippen LogP contribution in [0.2, 0.25) is 0 Å². The van der Waals surface area contributed by atoms with Gasteiger partial charge < -0.3 is 14.5 Å². The van der Waals surface area contributed by atoms with Crippen molar-refractivity contribution in [2.45, 2.75) is 53.9 Å². The molecule has 0 unspecified atom stereocenters. The van der Waals surface area contributed by atoms with Crippen LogP contribution in [0.1, 0.15) is 71.2 Å². The van der Waals surface area contributed by atoms with Crippen LogP contribution < -0.4 is 5.32 Å². The number of aryl methyl sites for hydroxylation is 1. The van der Waals surface area contributed by atoms with E-state index in [1.165, 1.54) is 16.2 Å². The summed E-state index contributed by atoms with van der Waals surface area (Å²) in [7, 11) is 0. The molecule has 146 valence electrons. The minimum atomic E-state index is -0.366. The summed E-state index contributed by atoms with van der Waals surface area (Å²) in [4.78, 5) is 26.3. The molecule has 3 rings (SSSR count). The van der Waals surface area contributed by atoms with Gasteiger partial charge in [0.2, 0.25) is 0 Å². The molecule has 1 N–H and O–H groups in total. The fourth-order valence-electron chi connectivity index (χ4n) is 3.55. The van der Waals surface area contributed by atoms with E-state index in [9.17, 15) is 9.59 Å². The summed E-state index contributed by atoms with van der Waals surface area (Å²) in [5.41, 5.74) is 1.76. The van der Waals surface area contributed by atoms with Gasteiger partial charge in [0.15, 0.2) is 5.76 Å². The van der Waals surface area contributed by atoms with Crippen LogP contribution in [0, 0.1) is 18.3 Å². The first-order chi connectivity index (χ1) is 12.7. The van der Waals surface area contributed by atoms with Crippen molar-refractivity contribution < 1.29 is 18.7 Å². The summed E-state index contributed by atoms with van der Waals surface area (Å²) in [6, 6.07) is 3.38. The predicted molar refractivity (Wildman–Crippen MR) is 107 cm³/mol. The maximum Gasteiger partial charge on any atom is 0.341 e. The predicted octanol–water partition coefficient (Wildman–Crippen LogP) is 5.23. The van der Waals surface area contributed by atoms with Crippen LogP contribution in [-0.4, -0.2) is 18.5 Å². The van der Waals surface area contributed by atoms with Crippen LogP contribution in [0.25, 0.3) is 0 Å². The van der Waals surface area contributed by atoms with E-state index in [4.69, 9.17) is 9.15 Å². The highest BCUT2D eigenvalue weighted by atomic mass is 32.1. The van der Waals surface area contributed by atoms with E-state index in [0.717, 1.165) is 24.8 Å². The van der Waals surface area contributed by atoms with Gasteiger partial charge in [-0.15, -0.1) is 11.3 Å². The largest absolute Gasteiger partial charge is 0.462 e. The first-order valence-electron chi connectivity index (χ1n) is 9.40. The van der Waals surface area contributed by atoms with Crippen molar-refractivity contribution in [1.82, 2.24) is 0 Å². The SMILES string of the molecule is CCOC(=O)c1c(NC(=O)c2ccc(C)o2)sc2c1CC[C@@H](C(C)(C)C)C2. The summed E-state index contributed by atoms with van der Waals surface area (Å²) in [6.07, 6.45) is 2.79. The number of furan rings is 1. The number of hydrogen-bond acceptors (Lipinski definition) is 5. The molecule has 1 atom stereocenters. The van der Waals surface area contributed by atoms with Crippen molar-refractivity contribution in [3.05, 3.63) is 39.7 Å². The normalized spacial score (nSPS) is 16.7. The van der Waals surface area contributed by atoms with Gasteiger partial charge in [-0.05, 0) is 62.1 Å². The standard InChI is InChI=1S/C21H27NO4S/c1-6-25-20(24)17-14-9-8-13(21(3,4)5)11-16(14)27-19(17)22-18(23)15-10-7-12(2)26-15/h7,10,13H,6,8-9,11H2,1-5H3,(H,22,23)/t13-/m1/s1. The Morgan fingerprint density at radius 2 is 2.07 bits per heavy atom. The number of thiophene rings is 1. The van der Waals surface area contributed by atoms with Gasteiger partial charge in [-0.1, -0.05) is 20.8 Å². The van der Waals surface area contributed by atoms with E-state index in [1.54, 1.807) is 26.0 Å². The molecule has 0 spiro atoms. The first kappa shape index (κ1) is 19.7. The first-order valence-corrected chi connectivity index (χ1v) is 10.2.